The van der Waals surface area contributed by atoms with Gasteiger partial charge in [0.2, 0.25) is 0 Å². The molecule has 134 valence electrons. The minimum atomic E-state index is -0.568. The van der Waals surface area contributed by atoms with Crippen molar-refractivity contribution in [3.8, 4) is 11.5 Å². The Balaban J connectivity index is 1.81. The molecule has 0 aliphatic rings. The third-order valence-corrected chi connectivity index (χ3v) is 3.90. The summed E-state index contributed by atoms with van der Waals surface area (Å²) in [6, 6.07) is 12.4. The molecule has 1 N–H and O–H groups in total. The Bertz CT molecular complexity index is 903. The number of amides is 1. The second-order valence-electron chi connectivity index (χ2n) is 5.83. The number of hydrogen-bond donors (Lipinski definition) is 1. The number of fused-ring (bicyclic) bond motifs is 1. The first-order valence-electron chi connectivity index (χ1n) is 8.56. The third kappa shape index (κ3) is 4.08. The van der Waals surface area contributed by atoms with Gasteiger partial charge in [0, 0.05) is 11.9 Å². The van der Waals surface area contributed by atoms with Crippen LogP contribution in [-0.2, 0) is 9.53 Å². The van der Waals surface area contributed by atoms with E-state index in [0.29, 0.717) is 34.5 Å². The van der Waals surface area contributed by atoms with Crippen molar-refractivity contribution < 1.29 is 18.7 Å². The lowest BCUT2D eigenvalue weighted by molar-refractivity contribution is -0.124. The van der Waals surface area contributed by atoms with E-state index in [9.17, 15) is 9.59 Å². The van der Waals surface area contributed by atoms with E-state index in [1.807, 2.05) is 25.1 Å². The maximum absolute atomic E-state index is 12.6. The molecule has 6 heteroatoms. The molecule has 0 spiro atoms. The zero-order chi connectivity index (χ0) is 18.4. The molecule has 0 bridgehead atoms. The maximum atomic E-state index is 12.6. The smallest absolute Gasteiger partial charge is 0.339 e. The Morgan fingerprint density at radius 3 is 2.81 bits per heavy atom. The summed E-state index contributed by atoms with van der Waals surface area (Å²) in [5.41, 5.74) is 1.54. The zero-order valence-corrected chi connectivity index (χ0v) is 14.5. The van der Waals surface area contributed by atoms with Crippen molar-refractivity contribution in [2.24, 2.45) is 0 Å². The summed E-state index contributed by atoms with van der Waals surface area (Å²) < 4.78 is 10.6. The van der Waals surface area contributed by atoms with Gasteiger partial charge in [-0.3, -0.25) is 4.79 Å². The fraction of sp³-hybridized carbons (Fsp3) is 0.250. The fourth-order valence-corrected chi connectivity index (χ4v) is 2.56. The average Bonchev–Trinajstić information content (AvgIpc) is 3.20. The molecule has 2 heterocycles. The Morgan fingerprint density at radius 2 is 2.04 bits per heavy atom. The van der Waals surface area contributed by atoms with Gasteiger partial charge in [0.1, 0.15) is 5.69 Å². The number of rotatable bonds is 7. The second-order valence-corrected chi connectivity index (χ2v) is 5.83. The van der Waals surface area contributed by atoms with Crippen LogP contribution in [-0.4, -0.2) is 30.0 Å². The Morgan fingerprint density at radius 1 is 1.19 bits per heavy atom. The summed E-state index contributed by atoms with van der Waals surface area (Å²) in [6.07, 6.45) is 3.42. The van der Waals surface area contributed by atoms with Gasteiger partial charge in [-0.2, -0.15) is 0 Å². The molecule has 3 aromatic rings. The van der Waals surface area contributed by atoms with Gasteiger partial charge in [-0.25, -0.2) is 9.78 Å². The summed E-state index contributed by atoms with van der Waals surface area (Å²) in [7, 11) is 0. The van der Waals surface area contributed by atoms with E-state index in [2.05, 4.69) is 10.3 Å². The van der Waals surface area contributed by atoms with E-state index >= 15 is 0 Å². The number of aromatic nitrogens is 1. The van der Waals surface area contributed by atoms with E-state index in [0.717, 1.165) is 12.8 Å². The van der Waals surface area contributed by atoms with Crippen LogP contribution in [0.3, 0.4) is 0 Å². The first-order valence-corrected chi connectivity index (χ1v) is 8.56. The van der Waals surface area contributed by atoms with Gasteiger partial charge in [-0.05, 0) is 30.7 Å². The van der Waals surface area contributed by atoms with Crippen LogP contribution >= 0.6 is 0 Å². The molecular weight excluding hydrogens is 332 g/mol. The molecule has 1 amide bonds. The number of esters is 1. The number of ether oxygens (including phenoxy) is 1. The van der Waals surface area contributed by atoms with Gasteiger partial charge in [0.05, 0.1) is 17.3 Å². The molecule has 0 unspecified atom stereocenters. The SMILES string of the molecule is CCCCNC(=O)COC(=O)c1cc(-c2ccco2)nc2ccccc12. The number of furan rings is 1. The van der Waals surface area contributed by atoms with Crippen molar-refractivity contribution in [3.05, 3.63) is 54.3 Å². The highest BCUT2D eigenvalue weighted by Crippen LogP contribution is 2.25. The van der Waals surface area contributed by atoms with Gasteiger partial charge in [-0.15, -0.1) is 0 Å². The van der Waals surface area contributed by atoms with Crippen molar-refractivity contribution in [3.63, 3.8) is 0 Å². The lowest BCUT2D eigenvalue weighted by Gasteiger charge is -2.09. The molecule has 0 fully saturated rings. The lowest BCUT2D eigenvalue weighted by atomic mass is 10.1. The van der Waals surface area contributed by atoms with Crippen molar-refractivity contribution in [2.45, 2.75) is 19.8 Å². The number of para-hydroxylation sites is 1. The molecule has 0 radical (unpaired) electrons. The Kier molecular flexibility index (Phi) is 5.63. The molecule has 0 saturated carbocycles. The van der Waals surface area contributed by atoms with Gasteiger partial charge >= 0.3 is 5.97 Å². The van der Waals surface area contributed by atoms with Crippen molar-refractivity contribution >= 4 is 22.8 Å². The first-order chi connectivity index (χ1) is 12.7. The van der Waals surface area contributed by atoms with Crippen molar-refractivity contribution in [1.82, 2.24) is 10.3 Å². The molecular formula is C20H20N2O4. The van der Waals surface area contributed by atoms with Crippen LogP contribution in [0.5, 0.6) is 0 Å². The highest BCUT2D eigenvalue weighted by molar-refractivity contribution is 6.05. The van der Waals surface area contributed by atoms with Crippen LogP contribution in [0.1, 0.15) is 30.1 Å². The molecule has 1 aromatic carbocycles. The Hall–Kier alpha value is -3.15. The minimum absolute atomic E-state index is 0.309. The largest absolute Gasteiger partial charge is 0.463 e. The standard InChI is InChI=1S/C20H20N2O4/c1-2-3-10-21-19(23)13-26-20(24)15-12-17(18-9-6-11-25-18)22-16-8-5-4-7-14(15)16/h4-9,11-12H,2-3,10,13H2,1H3,(H,21,23). The Labute approximate surface area is 151 Å². The van der Waals surface area contributed by atoms with Crippen LogP contribution in [0, 0.1) is 0 Å². The molecule has 0 aliphatic heterocycles. The van der Waals surface area contributed by atoms with E-state index in [1.165, 1.54) is 0 Å². The highest BCUT2D eigenvalue weighted by atomic mass is 16.5. The van der Waals surface area contributed by atoms with E-state index in [4.69, 9.17) is 9.15 Å². The summed E-state index contributed by atoms with van der Waals surface area (Å²) in [4.78, 5) is 28.8. The summed E-state index contributed by atoms with van der Waals surface area (Å²) in [5, 5.41) is 3.38. The fourth-order valence-electron chi connectivity index (χ4n) is 2.56. The molecule has 2 aromatic heterocycles. The minimum Gasteiger partial charge on any atom is -0.463 e. The van der Waals surface area contributed by atoms with Gasteiger partial charge in [0.15, 0.2) is 12.4 Å². The summed E-state index contributed by atoms with van der Waals surface area (Å²) in [6.45, 7) is 2.31. The first kappa shape index (κ1) is 17.7. The molecule has 3 rings (SSSR count). The number of nitrogens with zero attached hydrogens (tertiary/aromatic N) is 1. The topological polar surface area (TPSA) is 81.4 Å². The number of pyridine rings is 1. The highest BCUT2D eigenvalue weighted by Gasteiger charge is 2.17. The number of unbranched alkanes of at least 4 members (excludes halogenated alkanes) is 1. The van der Waals surface area contributed by atoms with Gasteiger partial charge in [-0.1, -0.05) is 31.5 Å². The summed E-state index contributed by atoms with van der Waals surface area (Å²) in [5.74, 6) is -0.319. The molecule has 6 nitrogen and oxygen atoms in total. The maximum Gasteiger partial charge on any atom is 0.339 e. The second kappa shape index (κ2) is 8.29. The number of carbonyl (C=O) groups is 2. The van der Waals surface area contributed by atoms with Crippen LogP contribution in [0.2, 0.25) is 0 Å². The predicted molar refractivity (Wildman–Crippen MR) is 97.6 cm³/mol. The van der Waals surface area contributed by atoms with Gasteiger partial charge < -0.3 is 14.5 Å². The lowest BCUT2D eigenvalue weighted by Crippen LogP contribution is -2.29. The number of hydrogen-bond acceptors (Lipinski definition) is 5. The average molecular weight is 352 g/mol. The predicted octanol–water partition coefficient (Wildman–Crippen LogP) is 3.57. The quantitative estimate of drug-likeness (QED) is 0.519. The molecule has 0 aliphatic carbocycles. The molecule has 0 atom stereocenters. The van der Waals surface area contributed by atoms with Crippen LogP contribution in [0.4, 0.5) is 0 Å². The van der Waals surface area contributed by atoms with E-state index in [1.54, 1.807) is 30.5 Å². The molecule has 0 saturated heterocycles. The zero-order valence-electron chi connectivity index (χ0n) is 14.5. The van der Waals surface area contributed by atoms with E-state index < -0.39 is 5.97 Å². The van der Waals surface area contributed by atoms with Crippen LogP contribution in [0.15, 0.2) is 53.1 Å². The van der Waals surface area contributed by atoms with E-state index in [-0.39, 0.29) is 12.5 Å². The summed E-state index contributed by atoms with van der Waals surface area (Å²) >= 11 is 0. The number of benzene rings is 1. The van der Waals surface area contributed by atoms with Crippen molar-refractivity contribution in [1.29, 1.82) is 0 Å². The van der Waals surface area contributed by atoms with Gasteiger partial charge in [0.25, 0.3) is 5.91 Å². The number of carbonyl (C=O) groups excluding carboxylic acids is 2. The monoisotopic (exact) mass is 352 g/mol. The van der Waals surface area contributed by atoms with Crippen LogP contribution in [0.25, 0.3) is 22.4 Å². The number of nitrogens with one attached hydrogen (secondary N) is 1. The normalized spacial score (nSPS) is 10.7. The molecule has 26 heavy (non-hydrogen) atoms. The third-order valence-electron chi connectivity index (χ3n) is 3.90. The van der Waals surface area contributed by atoms with Crippen LogP contribution < -0.4 is 5.32 Å². The van der Waals surface area contributed by atoms with Crippen molar-refractivity contribution in [2.75, 3.05) is 13.2 Å².